The van der Waals surface area contributed by atoms with Crippen LogP contribution in [-0.4, -0.2) is 25.4 Å². The van der Waals surface area contributed by atoms with Gasteiger partial charge < -0.3 is 9.47 Å². The van der Waals surface area contributed by atoms with Crippen molar-refractivity contribution < 1.29 is 22.6 Å². The smallest absolute Gasteiger partial charge is 0.417 e. The van der Waals surface area contributed by atoms with Crippen molar-refractivity contribution in [1.82, 2.24) is 4.98 Å². The number of thiazole rings is 1. The number of ether oxygens (including phenoxy) is 2. The zero-order valence-electron chi connectivity index (χ0n) is 14.9. The van der Waals surface area contributed by atoms with E-state index in [1.165, 1.54) is 29.5 Å². The molecule has 0 aliphatic rings. The van der Waals surface area contributed by atoms with E-state index in [1.54, 1.807) is 31.7 Å². The second kappa shape index (κ2) is 8.30. The Morgan fingerprint density at radius 1 is 1.11 bits per heavy atom. The first-order valence-electron chi connectivity index (χ1n) is 8.05. The Bertz CT molecular complexity index is 987. The van der Waals surface area contributed by atoms with Crippen molar-refractivity contribution in [2.24, 2.45) is 5.10 Å². The monoisotopic (exact) mass is 407 g/mol. The Labute approximate surface area is 163 Å². The molecule has 1 heterocycles. The fourth-order valence-corrected chi connectivity index (χ4v) is 3.14. The van der Waals surface area contributed by atoms with Gasteiger partial charge in [-0.3, -0.25) is 5.43 Å². The molecule has 0 unspecified atom stereocenters. The highest BCUT2D eigenvalue weighted by Gasteiger charge is 2.32. The first kappa shape index (κ1) is 19.7. The summed E-state index contributed by atoms with van der Waals surface area (Å²) < 4.78 is 49.5. The van der Waals surface area contributed by atoms with Crippen LogP contribution < -0.4 is 14.9 Å². The van der Waals surface area contributed by atoms with Gasteiger partial charge in [-0.25, -0.2) is 4.98 Å². The second-order valence-electron chi connectivity index (χ2n) is 5.56. The van der Waals surface area contributed by atoms with Crippen molar-refractivity contribution in [2.75, 3.05) is 19.6 Å². The molecular weight excluding hydrogens is 391 g/mol. The summed E-state index contributed by atoms with van der Waals surface area (Å²) in [6, 6.07) is 10.6. The first-order valence-corrected chi connectivity index (χ1v) is 8.93. The van der Waals surface area contributed by atoms with Gasteiger partial charge in [-0.2, -0.15) is 18.3 Å². The minimum atomic E-state index is -4.44. The number of hydrazone groups is 1. The van der Waals surface area contributed by atoms with Crippen LogP contribution in [0.3, 0.4) is 0 Å². The number of aromatic nitrogens is 1. The van der Waals surface area contributed by atoms with E-state index in [4.69, 9.17) is 9.47 Å². The number of nitrogens with one attached hydrogen (secondary N) is 1. The number of benzene rings is 2. The highest BCUT2D eigenvalue weighted by Crippen LogP contribution is 2.35. The lowest BCUT2D eigenvalue weighted by molar-refractivity contribution is -0.137. The van der Waals surface area contributed by atoms with E-state index in [9.17, 15) is 13.2 Å². The van der Waals surface area contributed by atoms with Crippen molar-refractivity contribution in [3.05, 3.63) is 59.0 Å². The Hall–Kier alpha value is -3.07. The van der Waals surface area contributed by atoms with Crippen molar-refractivity contribution >= 4 is 22.7 Å². The molecule has 0 saturated carbocycles. The van der Waals surface area contributed by atoms with Gasteiger partial charge in [0.25, 0.3) is 0 Å². The largest absolute Gasteiger partial charge is 0.497 e. The fourth-order valence-electron chi connectivity index (χ4n) is 2.48. The van der Waals surface area contributed by atoms with Gasteiger partial charge >= 0.3 is 6.18 Å². The van der Waals surface area contributed by atoms with Crippen molar-refractivity contribution in [2.45, 2.75) is 6.18 Å². The summed E-state index contributed by atoms with van der Waals surface area (Å²) in [6.45, 7) is 0. The summed E-state index contributed by atoms with van der Waals surface area (Å²) >= 11 is 1.27. The quantitative estimate of drug-likeness (QED) is 0.446. The van der Waals surface area contributed by atoms with Crippen LogP contribution >= 0.6 is 11.3 Å². The first-order chi connectivity index (χ1) is 13.4. The summed E-state index contributed by atoms with van der Waals surface area (Å²) in [4.78, 5) is 4.40. The molecule has 28 heavy (non-hydrogen) atoms. The number of hydrogen-bond acceptors (Lipinski definition) is 6. The maximum atomic E-state index is 13.0. The standard InChI is InChI=1S/C19H16F3N3O2S/c1-26-13-7-8-14(17(9-13)27-2)16-11-28-18(24-16)25-23-10-12-5-3-4-6-15(12)19(20,21)22/h3-11H,1-2H3,(H,24,25)/b23-10-. The van der Waals surface area contributed by atoms with Crippen LogP contribution in [0.4, 0.5) is 18.3 Å². The molecule has 0 spiro atoms. The minimum absolute atomic E-state index is 0.0314. The lowest BCUT2D eigenvalue weighted by Crippen LogP contribution is -2.08. The molecular formula is C19H16F3N3O2S. The third-order valence-electron chi connectivity index (χ3n) is 3.82. The van der Waals surface area contributed by atoms with Crippen LogP contribution in [0.25, 0.3) is 11.3 Å². The van der Waals surface area contributed by atoms with Gasteiger partial charge in [0.15, 0.2) is 0 Å². The Balaban J connectivity index is 1.77. The highest BCUT2D eigenvalue weighted by atomic mass is 32.1. The van der Waals surface area contributed by atoms with Gasteiger partial charge in [-0.1, -0.05) is 18.2 Å². The summed E-state index contributed by atoms with van der Waals surface area (Å²) in [5.41, 5.74) is 3.30. The van der Waals surface area contributed by atoms with Gasteiger partial charge in [-0.15, -0.1) is 11.3 Å². The number of nitrogens with zero attached hydrogens (tertiary/aromatic N) is 2. The summed E-state index contributed by atoms with van der Waals surface area (Å²) in [7, 11) is 3.11. The molecule has 0 saturated heterocycles. The zero-order chi connectivity index (χ0) is 20.1. The molecule has 0 radical (unpaired) electrons. The molecule has 0 aliphatic heterocycles. The number of rotatable bonds is 6. The van der Waals surface area contributed by atoms with Crippen LogP contribution in [0.15, 0.2) is 52.9 Å². The molecule has 146 valence electrons. The van der Waals surface area contributed by atoms with Crippen LogP contribution in [0.2, 0.25) is 0 Å². The van der Waals surface area contributed by atoms with Gasteiger partial charge in [0.1, 0.15) is 11.5 Å². The van der Waals surface area contributed by atoms with Crippen LogP contribution in [0, 0.1) is 0 Å². The van der Waals surface area contributed by atoms with E-state index in [0.29, 0.717) is 22.3 Å². The molecule has 0 bridgehead atoms. The van der Waals surface area contributed by atoms with E-state index in [0.717, 1.165) is 17.8 Å². The topological polar surface area (TPSA) is 55.7 Å². The molecule has 0 fully saturated rings. The number of anilines is 1. The Morgan fingerprint density at radius 2 is 1.89 bits per heavy atom. The molecule has 2 aromatic carbocycles. The minimum Gasteiger partial charge on any atom is -0.497 e. The van der Waals surface area contributed by atoms with Crippen LogP contribution in [0.1, 0.15) is 11.1 Å². The normalized spacial score (nSPS) is 11.6. The van der Waals surface area contributed by atoms with Crippen molar-refractivity contribution in [1.29, 1.82) is 0 Å². The summed E-state index contributed by atoms with van der Waals surface area (Å²) in [5.74, 6) is 1.25. The van der Waals surface area contributed by atoms with Crippen molar-refractivity contribution in [3.63, 3.8) is 0 Å². The molecule has 0 atom stereocenters. The third-order valence-corrected chi connectivity index (χ3v) is 4.57. The van der Waals surface area contributed by atoms with E-state index in [1.807, 2.05) is 6.07 Å². The van der Waals surface area contributed by atoms with E-state index < -0.39 is 11.7 Å². The van der Waals surface area contributed by atoms with Crippen molar-refractivity contribution in [3.8, 4) is 22.8 Å². The molecule has 5 nitrogen and oxygen atoms in total. The SMILES string of the molecule is COc1ccc(-c2csc(N/N=C\c3ccccc3C(F)(F)F)n2)c(OC)c1. The van der Waals surface area contributed by atoms with Gasteiger partial charge in [0.2, 0.25) is 5.13 Å². The third kappa shape index (κ3) is 4.42. The maximum absolute atomic E-state index is 13.0. The lowest BCUT2D eigenvalue weighted by atomic mass is 10.1. The maximum Gasteiger partial charge on any atom is 0.417 e. The Kier molecular flexibility index (Phi) is 5.84. The molecule has 0 amide bonds. The molecule has 3 rings (SSSR count). The Morgan fingerprint density at radius 3 is 2.61 bits per heavy atom. The summed E-state index contributed by atoms with van der Waals surface area (Å²) in [5, 5.41) is 6.12. The summed E-state index contributed by atoms with van der Waals surface area (Å²) in [6.07, 6.45) is -3.32. The van der Waals surface area contributed by atoms with Gasteiger partial charge in [0, 0.05) is 22.6 Å². The zero-order valence-corrected chi connectivity index (χ0v) is 15.8. The average molecular weight is 407 g/mol. The van der Waals surface area contributed by atoms with Crippen LogP contribution in [0.5, 0.6) is 11.5 Å². The number of methoxy groups -OCH3 is 2. The van der Waals surface area contributed by atoms with E-state index in [-0.39, 0.29) is 5.56 Å². The van der Waals surface area contributed by atoms with Gasteiger partial charge in [-0.05, 0) is 18.2 Å². The number of alkyl halides is 3. The van der Waals surface area contributed by atoms with E-state index in [2.05, 4.69) is 15.5 Å². The predicted octanol–water partition coefficient (Wildman–Crippen LogP) is 5.29. The molecule has 1 aromatic heterocycles. The molecule has 0 aliphatic carbocycles. The highest BCUT2D eigenvalue weighted by molar-refractivity contribution is 7.14. The lowest BCUT2D eigenvalue weighted by Gasteiger charge is -2.09. The fraction of sp³-hybridized carbons (Fsp3) is 0.158. The van der Waals surface area contributed by atoms with Crippen LogP contribution in [-0.2, 0) is 6.18 Å². The van der Waals surface area contributed by atoms with Gasteiger partial charge in [0.05, 0.1) is 31.7 Å². The number of halogens is 3. The van der Waals surface area contributed by atoms with E-state index >= 15 is 0 Å². The molecule has 9 heteroatoms. The molecule has 1 N–H and O–H groups in total. The average Bonchev–Trinajstić information content (AvgIpc) is 3.15. The second-order valence-corrected chi connectivity index (χ2v) is 6.42. The molecule has 3 aromatic rings. The number of hydrogen-bond donors (Lipinski definition) is 1. The predicted molar refractivity (Wildman–Crippen MR) is 103 cm³/mol.